The quantitative estimate of drug-likeness (QED) is 0.554. The largest absolute Gasteiger partial charge is 0.496 e. The lowest BCUT2D eigenvalue weighted by Gasteiger charge is -2.16. The molecule has 2 aromatic carbocycles. The van der Waals surface area contributed by atoms with Gasteiger partial charge >= 0.3 is 11.9 Å². The molecular weight excluding hydrogens is 400 g/mol. The molecule has 0 fully saturated rings. The van der Waals surface area contributed by atoms with Gasteiger partial charge in [-0.05, 0) is 59.9 Å². The molecule has 0 unspecified atom stereocenters. The first-order valence-electron chi connectivity index (χ1n) is 9.66. The van der Waals surface area contributed by atoms with E-state index in [1.54, 1.807) is 26.4 Å². The van der Waals surface area contributed by atoms with E-state index in [0.29, 0.717) is 29.2 Å². The Hall–Kier alpha value is -3.48. The summed E-state index contributed by atoms with van der Waals surface area (Å²) in [6, 6.07) is 9.19. The summed E-state index contributed by atoms with van der Waals surface area (Å²) < 4.78 is 25.9. The highest BCUT2D eigenvalue weighted by Crippen LogP contribution is 2.36. The van der Waals surface area contributed by atoms with Gasteiger partial charge < -0.3 is 23.7 Å². The van der Waals surface area contributed by atoms with Gasteiger partial charge in [0.1, 0.15) is 11.3 Å². The SMILES string of the molecule is COC(=O)CC/C=C(\c1ccc(OC)c(OC)c1)c1cc(C)c(OC)c(C(=O)OC)c1. The van der Waals surface area contributed by atoms with Gasteiger partial charge in [-0.2, -0.15) is 0 Å². The van der Waals surface area contributed by atoms with Gasteiger partial charge in [0.2, 0.25) is 0 Å². The van der Waals surface area contributed by atoms with Crippen molar-refractivity contribution in [1.29, 1.82) is 0 Å². The lowest BCUT2D eigenvalue weighted by atomic mass is 9.92. The van der Waals surface area contributed by atoms with Gasteiger partial charge in [0.25, 0.3) is 0 Å². The Morgan fingerprint density at radius 2 is 1.55 bits per heavy atom. The van der Waals surface area contributed by atoms with Crippen molar-refractivity contribution in [3.63, 3.8) is 0 Å². The fraction of sp³-hybridized carbons (Fsp3) is 0.333. The summed E-state index contributed by atoms with van der Waals surface area (Å²) in [6.07, 6.45) is 2.61. The highest BCUT2D eigenvalue weighted by atomic mass is 16.5. The van der Waals surface area contributed by atoms with Crippen LogP contribution in [0.1, 0.15) is 39.9 Å². The van der Waals surface area contributed by atoms with Crippen LogP contribution in [0.4, 0.5) is 0 Å². The smallest absolute Gasteiger partial charge is 0.341 e. The summed E-state index contributed by atoms with van der Waals surface area (Å²) in [6.45, 7) is 1.86. The molecule has 0 saturated carbocycles. The highest BCUT2D eigenvalue weighted by Gasteiger charge is 2.19. The van der Waals surface area contributed by atoms with Crippen LogP contribution >= 0.6 is 0 Å². The van der Waals surface area contributed by atoms with Crippen LogP contribution in [-0.2, 0) is 14.3 Å². The van der Waals surface area contributed by atoms with Crippen molar-refractivity contribution < 1.29 is 33.3 Å². The second kappa shape index (κ2) is 11.1. The average Bonchev–Trinajstić information content (AvgIpc) is 2.80. The third-order valence-corrected chi connectivity index (χ3v) is 4.81. The Labute approximate surface area is 182 Å². The van der Waals surface area contributed by atoms with Crippen molar-refractivity contribution >= 4 is 17.5 Å². The zero-order valence-electron chi connectivity index (χ0n) is 18.7. The Morgan fingerprint density at radius 3 is 2.13 bits per heavy atom. The van der Waals surface area contributed by atoms with Gasteiger partial charge in [0, 0.05) is 6.42 Å². The van der Waals surface area contributed by atoms with E-state index in [1.165, 1.54) is 21.3 Å². The third-order valence-electron chi connectivity index (χ3n) is 4.81. The number of aryl methyl sites for hydroxylation is 1. The van der Waals surface area contributed by atoms with Crippen LogP contribution in [-0.4, -0.2) is 47.5 Å². The highest BCUT2D eigenvalue weighted by molar-refractivity contribution is 5.95. The molecule has 31 heavy (non-hydrogen) atoms. The van der Waals surface area contributed by atoms with Crippen molar-refractivity contribution in [2.24, 2.45) is 0 Å². The van der Waals surface area contributed by atoms with E-state index in [0.717, 1.165) is 22.3 Å². The van der Waals surface area contributed by atoms with Crippen LogP contribution in [0.25, 0.3) is 5.57 Å². The molecule has 0 aliphatic rings. The first-order chi connectivity index (χ1) is 14.9. The van der Waals surface area contributed by atoms with Gasteiger partial charge in [-0.3, -0.25) is 4.79 Å². The maximum atomic E-state index is 12.4. The van der Waals surface area contributed by atoms with Crippen molar-refractivity contribution in [3.05, 3.63) is 58.7 Å². The number of carbonyl (C=O) groups excluding carboxylic acids is 2. The predicted octanol–water partition coefficient (Wildman–Crippen LogP) is 4.19. The number of hydrogen-bond donors (Lipinski definition) is 0. The molecule has 0 spiro atoms. The molecule has 0 heterocycles. The van der Waals surface area contributed by atoms with Crippen molar-refractivity contribution in [2.75, 3.05) is 35.5 Å². The topological polar surface area (TPSA) is 80.3 Å². The Bertz CT molecular complexity index is 976. The standard InChI is InChI=1S/C24H28O7/c1-15-12-17(13-19(23(15)30-5)24(26)31-6)18(8-7-9-22(25)29-4)16-10-11-20(27-2)21(14-16)28-3/h8,10-14H,7,9H2,1-6H3/b18-8+. The van der Waals surface area contributed by atoms with Crippen molar-refractivity contribution in [3.8, 4) is 17.2 Å². The summed E-state index contributed by atoms with van der Waals surface area (Å²) in [5.74, 6) is 0.822. The number of hydrogen-bond acceptors (Lipinski definition) is 7. The summed E-state index contributed by atoms with van der Waals surface area (Å²) in [7, 11) is 7.33. The lowest BCUT2D eigenvalue weighted by molar-refractivity contribution is -0.140. The summed E-state index contributed by atoms with van der Waals surface area (Å²) in [5, 5.41) is 0. The van der Waals surface area contributed by atoms with E-state index in [-0.39, 0.29) is 12.4 Å². The minimum atomic E-state index is -0.497. The van der Waals surface area contributed by atoms with Crippen LogP contribution < -0.4 is 14.2 Å². The molecule has 0 N–H and O–H groups in total. The summed E-state index contributed by atoms with van der Waals surface area (Å²) in [5.41, 5.74) is 3.53. The maximum absolute atomic E-state index is 12.4. The summed E-state index contributed by atoms with van der Waals surface area (Å²) >= 11 is 0. The molecule has 166 valence electrons. The molecule has 0 aromatic heterocycles. The second-order valence-corrected chi connectivity index (χ2v) is 6.67. The fourth-order valence-corrected chi connectivity index (χ4v) is 3.30. The molecule has 0 amide bonds. The number of carbonyl (C=O) groups is 2. The Balaban J connectivity index is 2.66. The van der Waals surface area contributed by atoms with Crippen LogP contribution in [0.5, 0.6) is 17.2 Å². The monoisotopic (exact) mass is 428 g/mol. The second-order valence-electron chi connectivity index (χ2n) is 6.67. The first-order valence-corrected chi connectivity index (χ1v) is 9.66. The van der Waals surface area contributed by atoms with E-state index >= 15 is 0 Å². The molecule has 7 nitrogen and oxygen atoms in total. The van der Waals surface area contributed by atoms with Gasteiger partial charge in [-0.1, -0.05) is 12.1 Å². The minimum Gasteiger partial charge on any atom is -0.496 e. The molecule has 2 rings (SSSR count). The number of rotatable bonds is 9. The van der Waals surface area contributed by atoms with Crippen molar-refractivity contribution in [1.82, 2.24) is 0 Å². The minimum absolute atomic E-state index is 0.228. The number of esters is 2. The van der Waals surface area contributed by atoms with Crippen LogP contribution in [0.2, 0.25) is 0 Å². The molecule has 0 atom stereocenters. The number of benzene rings is 2. The Kier molecular flexibility index (Phi) is 8.49. The van der Waals surface area contributed by atoms with E-state index < -0.39 is 5.97 Å². The van der Waals surface area contributed by atoms with Crippen LogP contribution in [0, 0.1) is 6.92 Å². The zero-order chi connectivity index (χ0) is 23.0. The molecule has 7 heteroatoms. The molecule has 0 aliphatic carbocycles. The molecular formula is C24H28O7. The van der Waals surface area contributed by atoms with Crippen molar-refractivity contribution in [2.45, 2.75) is 19.8 Å². The third kappa shape index (κ3) is 5.57. The molecule has 0 aliphatic heterocycles. The number of allylic oxidation sites excluding steroid dienone is 1. The predicted molar refractivity (Wildman–Crippen MR) is 117 cm³/mol. The average molecular weight is 428 g/mol. The van der Waals surface area contributed by atoms with Gasteiger partial charge in [-0.25, -0.2) is 4.79 Å². The maximum Gasteiger partial charge on any atom is 0.341 e. The summed E-state index contributed by atoms with van der Waals surface area (Å²) in [4.78, 5) is 24.0. The Morgan fingerprint density at radius 1 is 0.839 bits per heavy atom. The fourth-order valence-electron chi connectivity index (χ4n) is 3.30. The van der Waals surface area contributed by atoms with Crippen LogP contribution in [0.3, 0.4) is 0 Å². The van der Waals surface area contributed by atoms with Crippen LogP contribution in [0.15, 0.2) is 36.4 Å². The molecule has 0 radical (unpaired) electrons. The van der Waals surface area contributed by atoms with Gasteiger partial charge in [-0.15, -0.1) is 0 Å². The molecule has 0 saturated heterocycles. The van der Waals surface area contributed by atoms with Gasteiger partial charge in [0.05, 0.1) is 35.5 Å². The van der Waals surface area contributed by atoms with E-state index in [1.807, 2.05) is 31.2 Å². The normalized spacial score (nSPS) is 11.0. The van der Waals surface area contributed by atoms with E-state index in [9.17, 15) is 9.59 Å². The molecule has 2 aromatic rings. The van der Waals surface area contributed by atoms with E-state index in [4.69, 9.17) is 23.7 Å². The lowest BCUT2D eigenvalue weighted by Crippen LogP contribution is -2.07. The number of methoxy groups -OCH3 is 5. The zero-order valence-corrected chi connectivity index (χ0v) is 18.7. The van der Waals surface area contributed by atoms with Gasteiger partial charge in [0.15, 0.2) is 11.5 Å². The number of ether oxygens (including phenoxy) is 5. The first kappa shape index (κ1) is 23.8. The van der Waals surface area contributed by atoms with E-state index in [2.05, 4.69) is 0 Å². The molecule has 0 bridgehead atoms.